The lowest BCUT2D eigenvalue weighted by atomic mass is 10.3. The maximum atomic E-state index is 8.29. The fourth-order valence-corrected chi connectivity index (χ4v) is 1.71. The van der Waals surface area contributed by atoms with Gasteiger partial charge in [-0.2, -0.15) is 5.10 Å². The SMILES string of the molecule is Cn1ncnc1SCCCC(N)=NO. The van der Waals surface area contributed by atoms with Crippen molar-refractivity contribution in [2.45, 2.75) is 18.0 Å². The van der Waals surface area contributed by atoms with Crippen LogP contribution < -0.4 is 5.73 Å². The van der Waals surface area contributed by atoms with E-state index in [1.165, 1.54) is 6.33 Å². The first-order valence-electron chi connectivity index (χ1n) is 4.17. The van der Waals surface area contributed by atoms with Gasteiger partial charge in [0.05, 0.1) is 0 Å². The number of hydrogen-bond donors (Lipinski definition) is 2. The van der Waals surface area contributed by atoms with Crippen LogP contribution in [-0.2, 0) is 7.05 Å². The lowest BCUT2D eigenvalue weighted by Crippen LogP contribution is -2.11. The van der Waals surface area contributed by atoms with Crippen molar-refractivity contribution >= 4 is 17.6 Å². The number of amidine groups is 1. The van der Waals surface area contributed by atoms with E-state index in [1.54, 1.807) is 16.4 Å². The third kappa shape index (κ3) is 3.25. The van der Waals surface area contributed by atoms with Crippen LogP contribution >= 0.6 is 11.8 Å². The number of nitrogens with two attached hydrogens (primary N) is 1. The molecule has 0 saturated heterocycles. The molecule has 0 saturated carbocycles. The summed E-state index contributed by atoms with van der Waals surface area (Å²) in [5, 5.41) is 16.0. The minimum atomic E-state index is 0.267. The molecule has 3 N–H and O–H groups in total. The van der Waals surface area contributed by atoms with Gasteiger partial charge < -0.3 is 10.9 Å². The number of rotatable bonds is 5. The summed E-state index contributed by atoms with van der Waals surface area (Å²) in [7, 11) is 1.85. The predicted octanol–water partition coefficient (Wildman–Crippen LogP) is 0.434. The topological polar surface area (TPSA) is 89.3 Å². The molecular formula is C7H13N5OS. The van der Waals surface area contributed by atoms with Gasteiger partial charge in [-0.1, -0.05) is 16.9 Å². The summed E-state index contributed by atoms with van der Waals surface area (Å²) in [5.41, 5.74) is 5.32. The molecule has 1 aromatic rings. The van der Waals surface area contributed by atoms with Gasteiger partial charge in [0.15, 0.2) is 5.16 Å². The summed E-state index contributed by atoms with van der Waals surface area (Å²) >= 11 is 1.60. The van der Waals surface area contributed by atoms with E-state index in [4.69, 9.17) is 10.9 Å². The van der Waals surface area contributed by atoms with Crippen LogP contribution in [0.3, 0.4) is 0 Å². The van der Waals surface area contributed by atoms with E-state index in [0.29, 0.717) is 6.42 Å². The minimum absolute atomic E-state index is 0.267. The van der Waals surface area contributed by atoms with E-state index < -0.39 is 0 Å². The fourth-order valence-electron chi connectivity index (χ4n) is 0.883. The van der Waals surface area contributed by atoms with E-state index in [0.717, 1.165) is 17.3 Å². The predicted molar refractivity (Wildman–Crippen MR) is 54.4 cm³/mol. The van der Waals surface area contributed by atoms with Crippen molar-refractivity contribution in [3.63, 3.8) is 0 Å². The van der Waals surface area contributed by atoms with Crippen LogP contribution in [0, 0.1) is 0 Å². The molecule has 0 aliphatic heterocycles. The van der Waals surface area contributed by atoms with Crippen LogP contribution in [0.25, 0.3) is 0 Å². The summed E-state index contributed by atoms with van der Waals surface area (Å²) in [6.45, 7) is 0. The highest BCUT2D eigenvalue weighted by atomic mass is 32.2. The highest BCUT2D eigenvalue weighted by molar-refractivity contribution is 7.99. The van der Waals surface area contributed by atoms with E-state index >= 15 is 0 Å². The molecule has 0 aliphatic rings. The number of oxime groups is 1. The van der Waals surface area contributed by atoms with Crippen molar-refractivity contribution in [3.8, 4) is 0 Å². The Balaban J connectivity index is 2.20. The molecule has 1 aromatic heterocycles. The molecule has 0 unspecified atom stereocenters. The Morgan fingerprint density at radius 3 is 3.14 bits per heavy atom. The van der Waals surface area contributed by atoms with Gasteiger partial charge in [-0.3, -0.25) is 0 Å². The lowest BCUT2D eigenvalue weighted by Gasteiger charge is -1.99. The second-order valence-electron chi connectivity index (χ2n) is 2.71. The largest absolute Gasteiger partial charge is 0.409 e. The van der Waals surface area contributed by atoms with Gasteiger partial charge >= 0.3 is 0 Å². The van der Waals surface area contributed by atoms with Crippen molar-refractivity contribution in [2.24, 2.45) is 17.9 Å². The summed E-state index contributed by atoms with van der Waals surface area (Å²) in [6, 6.07) is 0. The van der Waals surface area contributed by atoms with Gasteiger partial charge in [-0.15, -0.1) is 0 Å². The highest BCUT2D eigenvalue weighted by Gasteiger charge is 2.01. The first-order chi connectivity index (χ1) is 6.74. The van der Waals surface area contributed by atoms with Gasteiger partial charge in [0.25, 0.3) is 0 Å². The molecule has 1 heterocycles. The Labute approximate surface area is 86.2 Å². The van der Waals surface area contributed by atoms with Crippen LogP contribution in [0.4, 0.5) is 0 Å². The number of thioether (sulfide) groups is 1. The zero-order chi connectivity index (χ0) is 10.4. The second kappa shape index (κ2) is 5.48. The van der Waals surface area contributed by atoms with Crippen LogP contribution in [0.5, 0.6) is 0 Å². The monoisotopic (exact) mass is 215 g/mol. The zero-order valence-corrected chi connectivity index (χ0v) is 8.74. The van der Waals surface area contributed by atoms with E-state index in [9.17, 15) is 0 Å². The molecule has 0 radical (unpaired) electrons. The number of aryl methyl sites for hydroxylation is 1. The molecule has 0 aromatic carbocycles. The smallest absolute Gasteiger partial charge is 0.185 e. The van der Waals surface area contributed by atoms with Crippen molar-refractivity contribution < 1.29 is 5.21 Å². The average molecular weight is 215 g/mol. The highest BCUT2D eigenvalue weighted by Crippen LogP contribution is 2.14. The molecule has 0 amide bonds. The quantitative estimate of drug-likeness (QED) is 0.186. The van der Waals surface area contributed by atoms with E-state index in [1.807, 2.05) is 7.05 Å². The van der Waals surface area contributed by atoms with Crippen LogP contribution in [0.15, 0.2) is 16.6 Å². The fraction of sp³-hybridized carbons (Fsp3) is 0.571. The zero-order valence-electron chi connectivity index (χ0n) is 7.92. The third-order valence-electron chi connectivity index (χ3n) is 1.61. The molecular weight excluding hydrogens is 202 g/mol. The molecule has 1 rings (SSSR count). The second-order valence-corrected chi connectivity index (χ2v) is 3.77. The van der Waals surface area contributed by atoms with Gasteiger partial charge in [0, 0.05) is 19.2 Å². The van der Waals surface area contributed by atoms with E-state index in [-0.39, 0.29) is 5.84 Å². The van der Waals surface area contributed by atoms with Crippen LogP contribution in [0.2, 0.25) is 0 Å². The summed E-state index contributed by atoms with van der Waals surface area (Å²) in [4.78, 5) is 4.06. The molecule has 7 heteroatoms. The number of nitrogens with zero attached hydrogens (tertiary/aromatic N) is 4. The molecule has 78 valence electrons. The Hall–Kier alpha value is -1.24. The Kier molecular flexibility index (Phi) is 4.24. The molecule has 0 aliphatic carbocycles. The van der Waals surface area contributed by atoms with Crippen molar-refractivity contribution in [1.29, 1.82) is 0 Å². The standard InChI is InChI=1S/C7H13N5OS/c1-12-7(9-5-10-12)14-4-2-3-6(8)11-13/h5,13H,2-4H2,1H3,(H2,8,11). The Morgan fingerprint density at radius 1 is 1.79 bits per heavy atom. The third-order valence-corrected chi connectivity index (χ3v) is 2.73. The molecule has 0 atom stereocenters. The lowest BCUT2D eigenvalue weighted by molar-refractivity contribution is 0.317. The average Bonchev–Trinajstić information content (AvgIpc) is 2.58. The minimum Gasteiger partial charge on any atom is -0.409 e. The molecule has 0 fully saturated rings. The molecule has 0 bridgehead atoms. The van der Waals surface area contributed by atoms with Gasteiger partial charge in [-0.05, 0) is 6.42 Å². The summed E-state index contributed by atoms with van der Waals surface area (Å²) < 4.78 is 1.72. The van der Waals surface area contributed by atoms with E-state index in [2.05, 4.69) is 15.2 Å². The van der Waals surface area contributed by atoms with Crippen molar-refractivity contribution in [3.05, 3.63) is 6.33 Å². The van der Waals surface area contributed by atoms with Crippen molar-refractivity contribution in [2.75, 3.05) is 5.75 Å². The Bertz CT molecular complexity index is 311. The Morgan fingerprint density at radius 2 is 2.57 bits per heavy atom. The van der Waals surface area contributed by atoms with Gasteiger partial charge in [0.2, 0.25) is 0 Å². The molecule has 14 heavy (non-hydrogen) atoms. The number of aromatic nitrogens is 3. The summed E-state index contributed by atoms with van der Waals surface area (Å²) in [6.07, 6.45) is 2.97. The van der Waals surface area contributed by atoms with Gasteiger partial charge in [0.1, 0.15) is 12.2 Å². The normalized spacial score (nSPS) is 11.9. The van der Waals surface area contributed by atoms with Crippen molar-refractivity contribution in [1.82, 2.24) is 14.8 Å². The molecule has 6 nitrogen and oxygen atoms in total. The number of hydrogen-bond acceptors (Lipinski definition) is 5. The molecule has 0 spiro atoms. The van der Waals surface area contributed by atoms with Crippen LogP contribution in [-0.4, -0.2) is 31.6 Å². The van der Waals surface area contributed by atoms with Gasteiger partial charge in [-0.25, -0.2) is 9.67 Å². The summed E-state index contributed by atoms with van der Waals surface area (Å²) in [5.74, 6) is 1.14. The first-order valence-corrected chi connectivity index (χ1v) is 5.16. The maximum Gasteiger partial charge on any atom is 0.185 e. The van der Waals surface area contributed by atoms with Crippen LogP contribution in [0.1, 0.15) is 12.8 Å². The maximum absolute atomic E-state index is 8.29. The first kappa shape index (κ1) is 10.8.